The Morgan fingerprint density at radius 1 is 1.35 bits per heavy atom. The third kappa shape index (κ3) is 3.00. The molecule has 3 rings (SSSR count). The highest BCUT2D eigenvalue weighted by molar-refractivity contribution is 7.15. The van der Waals surface area contributed by atoms with Gasteiger partial charge in [0.15, 0.2) is 5.13 Å². The fourth-order valence-electron chi connectivity index (χ4n) is 2.28. The number of aromatic nitrogens is 1. The van der Waals surface area contributed by atoms with Crippen molar-refractivity contribution in [3.8, 4) is 0 Å². The molecule has 3 heterocycles. The van der Waals surface area contributed by atoms with Gasteiger partial charge < -0.3 is 10.6 Å². The van der Waals surface area contributed by atoms with E-state index in [2.05, 4.69) is 9.88 Å². The van der Waals surface area contributed by atoms with Gasteiger partial charge in [0.05, 0.1) is 4.88 Å². The molecule has 0 aromatic carbocycles. The van der Waals surface area contributed by atoms with Crippen LogP contribution in [0.3, 0.4) is 0 Å². The number of anilines is 1. The van der Waals surface area contributed by atoms with Gasteiger partial charge in [-0.15, -0.1) is 22.7 Å². The van der Waals surface area contributed by atoms with Crippen molar-refractivity contribution < 1.29 is 4.79 Å². The molecular formula is C13H16N4OS2. The Morgan fingerprint density at radius 3 is 2.75 bits per heavy atom. The molecule has 1 fully saturated rings. The smallest absolute Gasteiger partial charge is 0.264 e. The summed E-state index contributed by atoms with van der Waals surface area (Å²) < 4.78 is 0. The molecule has 0 aliphatic carbocycles. The summed E-state index contributed by atoms with van der Waals surface area (Å²) in [5, 5.41) is 2.56. The van der Waals surface area contributed by atoms with Gasteiger partial charge in [0.25, 0.3) is 5.91 Å². The molecule has 0 spiro atoms. The molecule has 1 amide bonds. The Balaban J connectivity index is 1.53. The van der Waals surface area contributed by atoms with Crippen molar-refractivity contribution in [1.82, 2.24) is 14.8 Å². The van der Waals surface area contributed by atoms with Crippen molar-refractivity contribution in [1.29, 1.82) is 0 Å². The maximum absolute atomic E-state index is 12.2. The van der Waals surface area contributed by atoms with Crippen LogP contribution in [0.1, 0.15) is 14.5 Å². The highest BCUT2D eigenvalue weighted by Gasteiger charge is 2.22. The summed E-state index contributed by atoms with van der Waals surface area (Å²) in [5.41, 5.74) is 5.64. The van der Waals surface area contributed by atoms with Crippen molar-refractivity contribution in [3.63, 3.8) is 0 Å². The molecule has 1 saturated heterocycles. The van der Waals surface area contributed by atoms with Crippen molar-refractivity contribution in [2.75, 3.05) is 31.9 Å². The second kappa shape index (κ2) is 5.90. The van der Waals surface area contributed by atoms with Crippen LogP contribution < -0.4 is 5.73 Å². The predicted octanol–water partition coefficient (Wildman–Crippen LogP) is 1.74. The van der Waals surface area contributed by atoms with E-state index in [0.717, 1.165) is 37.6 Å². The molecule has 2 N–H and O–H groups in total. The summed E-state index contributed by atoms with van der Waals surface area (Å²) >= 11 is 3.04. The van der Waals surface area contributed by atoms with Crippen LogP contribution in [0, 0.1) is 0 Å². The minimum absolute atomic E-state index is 0.154. The standard InChI is InChI=1S/C13H16N4OS2/c14-13-15-8-10(20-13)9-16-3-5-17(6-4-16)12(18)11-2-1-7-19-11/h1-2,7-8H,3-6,9H2,(H2,14,15). The van der Waals surface area contributed by atoms with E-state index in [1.807, 2.05) is 28.6 Å². The Labute approximate surface area is 125 Å². The number of thiazole rings is 1. The molecule has 2 aromatic heterocycles. The lowest BCUT2D eigenvalue weighted by molar-refractivity contribution is 0.0634. The predicted molar refractivity (Wildman–Crippen MR) is 82.0 cm³/mol. The van der Waals surface area contributed by atoms with E-state index in [-0.39, 0.29) is 5.91 Å². The first-order valence-corrected chi connectivity index (χ1v) is 8.17. The maximum atomic E-state index is 12.2. The van der Waals surface area contributed by atoms with Gasteiger partial charge in [-0.3, -0.25) is 9.69 Å². The quantitative estimate of drug-likeness (QED) is 0.938. The fraction of sp³-hybridized carbons (Fsp3) is 0.385. The van der Waals surface area contributed by atoms with Crippen LogP contribution in [0.2, 0.25) is 0 Å². The molecular weight excluding hydrogens is 292 g/mol. The summed E-state index contributed by atoms with van der Waals surface area (Å²) in [4.78, 5) is 22.6. The third-order valence-corrected chi connectivity index (χ3v) is 5.01. The zero-order chi connectivity index (χ0) is 13.9. The molecule has 2 aromatic rings. The zero-order valence-corrected chi connectivity index (χ0v) is 12.6. The van der Waals surface area contributed by atoms with E-state index in [1.165, 1.54) is 27.6 Å². The summed E-state index contributed by atoms with van der Waals surface area (Å²) in [7, 11) is 0. The lowest BCUT2D eigenvalue weighted by atomic mass is 10.3. The first-order valence-electron chi connectivity index (χ1n) is 6.47. The third-order valence-electron chi connectivity index (χ3n) is 3.34. The Bertz CT molecular complexity index is 573. The van der Waals surface area contributed by atoms with Gasteiger partial charge in [-0.05, 0) is 11.4 Å². The number of thiophene rings is 1. The number of piperazine rings is 1. The second-order valence-corrected chi connectivity index (χ2v) is 6.80. The molecule has 5 nitrogen and oxygen atoms in total. The number of nitrogen functional groups attached to an aromatic ring is 1. The lowest BCUT2D eigenvalue weighted by Gasteiger charge is -2.34. The molecule has 7 heteroatoms. The minimum atomic E-state index is 0.154. The summed E-state index contributed by atoms with van der Waals surface area (Å²) in [5.74, 6) is 0.154. The van der Waals surface area contributed by atoms with E-state index in [1.54, 1.807) is 0 Å². The SMILES string of the molecule is Nc1ncc(CN2CCN(C(=O)c3cccs3)CC2)s1. The molecule has 0 saturated carbocycles. The van der Waals surface area contributed by atoms with Crippen LogP contribution in [0.25, 0.3) is 0 Å². The van der Waals surface area contributed by atoms with E-state index in [9.17, 15) is 4.79 Å². The van der Waals surface area contributed by atoms with Gasteiger partial charge in [-0.1, -0.05) is 6.07 Å². The lowest BCUT2D eigenvalue weighted by Crippen LogP contribution is -2.48. The molecule has 20 heavy (non-hydrogen) atoms. The molecule has 106 valence electrons. The number of nitrogens with zero attached hydrogens (tertiary/aromatic N) is 3. The molecule has 0 bridgehead atoms. The van der Waals surface area contributed by atoms with Crippen LogP contribution in [-0.4, -0.2) is 46.9 Å². The van der Waals surface area contributed by atoms with E-state index >= 15 is 0 Å². The van der Waals surface area contributed by atoms with E-state index in [4.69, 9.17) is 5.73 Å². The highest BCUT2D eigenvalue weighted by Crippen LogP contribution is 2.18. The first-order chi connectivity index (χ1) is 9.72. The van der Waals surface area contributed by atoms with Gasteiger partial charge in [0.1, 0.15) is 0 Å². The Morgan fingerprint density at radius 2 is 2.15 bits per heavy atom. The minimum Gasteiger partial charge on any atom is -0.375 e. The summed E-state index contributed by atoms with van der Waals surface area (Å²) in [6, 6.07) is 3.81. The average Bonchev–Trinajstić information content (AvgIpc) is 3.11. The summed E-state index contributed by atoms with van der Waals surface area (Å²) in [6.07, 6.45) is 1.84. The van der Waals surface area contributed by atoms with Crippen molar-refractivity contribution in [2.24, 2.45) is 0 Å². The van der Waals surface area contributed by atoms with Gasteiger partial charge in [0.2, 0.25) is 0 Å². The van der Waals surface area contributed by atoms with Gasteiger partial charge >= 0.3 is 0 Å². The fourth-order valence-corrected chi connectivity index (χ4v) is 3.70. The molecule has 0 atom stereocenters. The topological polar surface area (TPSA) is 62.5 Å². The van der Waals surface area contributed by atoms with Crippen molar-refractivity contribution in [2.45, 2.75) is 6.54 Å². The monoisotopic (exact) mass is 308 g/mol. The maximum Gasteiger partial charge on any atom is 0.264 e. The van der Waals surface area contributed by atoms with Crippen molar-refractivity contribution in [3.05, 3.63) is 33.5 Å². The highest BCUT2D eigenvalue weighted by atomic mass is 32.1. The van der Waals surface area contributed by atoms with Gasteiger partial charge in [-0.25, -0.2) is 4.98 Å². The first kappa shape index (κ1) is 13.5. The van der Waals surface area contributed by atoms with Crippen molar-refractivity contribution >= 4 is 33.7 Å². The summed E-state index contributed by atoms with van der Waals surface area (Å²) in [6.45, 7) is 4.23. The Hall–Kier alpha value is -1.44. The van der Waals surface area contributed by atoms with Crippen LogP contribution >= 0.6 is 22.7 Å². The van der Waals surface area contributed by atoms with Gasteiger partial charge in [-0.2, -0.15) is 0 Å². The van der Waals surface area contributed by atoms with Crippen LogP contribution in [0.4, 0.5) is 5.13 Å². The number of carbonyl (C=O) groups is 1. The molecule has 0 unspecified atom stereocenters. The second-order valence-electron chi connectivity index (χ2n) is 4.71. The number of carbonyl (C=O) groups excluding carboxylic acids is 1. The van der Waals surface area contributed by atoms with Crippen LogP contribution in [-0.2, 0) is 6.54 Å². The molecule has 1 aliphatic rings. The number of amides is 1. The van der Waals surface area contributed by atoms with E-state index < -0.39 is 0 Å². The van der Waals surface area contributed by atoms with Crippen LogP contribution in [0.5, 0.6) is 0 Å². The average molecular weight is 308 g/mol. The van der Waals surface area contributed by atoms with E-state index in [0.29, 0.717) is 5.13 Å². The molecule has 0 radical (unpaired) electrons. The number of nitrogens with two attached hydrogens (primary N) is 1. The number of hydrogen-bond donors (Lipinski definition) is 1. The zero-order valence-electron chi connectivity index (χ0n) is 11.0. The number of rotatable bonds is 3. The van der Waals surface area contributed by atoms with Crippen LogP contribution in [0.15, 0.2) is 23.7 Å². The Kier molecular flexibility index (Phi) is 4.00. The normalized spacial score (nSPS) is 16.5. The largest absolute Gasteiger partial charge is 0.375 e. The molecule has 1 aliphatic heterocycles. The number of hydrogen-bond acceptors (Lipinski definition) is 6. The van der Waals surface area contributed by atoms with Gasteiger partial charge in [0, 0.05) is 43.8 Å².